The van der Waals surface area contributed by atoms with Crippen molar-refractivity contribution in [3.63, 3.8) is 0 Å². The van der Waals surface area contributed by atoms with Crippen LogP contribution in [0.25, 0.3) is 5.69 Å². The maximum Gasteiger partial charge on any atom is 0.388 e. The number of aliphatic carboxylic acids is 1. The molecule has 0 saturated heterocycles. The number of fused-ring (bicyclic) bond motifs is 1. The number of amides is 2. The monoisotopic (exact) mass is 1190 g/mol. The standard InChI is InChI=1S/C15H13Cl2N3O2.C14H10F4N4O7S.C8H6Cl2O3.C5H12NO4P/c1-2-7-22-13-9-12(10(16)8-11(13)17)20-15(21)19-6-4-3-5-14(19)18-20;15-11(16)28-8-5-9(29-12(17)18)20-13(19-8)21-14(25)22-30(26,27)7-4-2-1-3-6(7)10(23)24;1-13-7-5(10)3-2-4(9)6(7)8(11)12;1-11(9,10)3-2-4(6)5(7)8/h1,8-9H,3-7H2;1-5,11-12H,(H,23,24)(H2,19,20,21,22,25);2-3H,1H3,(H,11,12);4H,2-3,6H2,1H3,(H,7,8)(H,9,10). The second kappa shape index (κ2) is 28.8. The first-order valence-corrected chi connectivity index (χ1v) is 26.0. The summed E-state index contributed by atoms with van der Waals surface area (Å²) < 4.78 is 107. The first-order chi connectivity index (χ1) is 35.5. The van der Waals surface area contributed by atoms with Gasteiger partial charge in [-0.15, -0.1) is 11.5 Å². The number of anilines is 1. The number of nitrogens with zero attached hydrogens (tertiary/aromatic N) is 5. The van der Waals surface area contributed by atoms with Gasteiger partial charge in [0.15, 0.2) is 13.1 Å². The van der Waals surface area contributed by atoms with Crippen LogP contribution in [0.2, 0.25) is 20.1 Å². The highest BCUT2D eigenvalue weighted by Crippen LogP contribution is 2.36. The van der Waals surface area contributed by atoms with Crippen molar-refractivity contribution in [2.75, 3.05) is 31.9 Å². The van der Waals surface area contributed by atoms with E-state index in [4.69, 9.17) is 88.2 Å². The smallest absolute Gasteiger partial charge is 0.388 e. The molecular formula is C42H41Cl4F4N8O16PS. The Balaban J connectivity index is 0.000000288. The summed E-state index contributed by atoms with van der Waals surface area (Å²) in [6.07, 6.45) is 7.97. The van der Waals surface area contributed by atoms with Crippen LogP contribution in [-0.4, -0.2) is 123 Å². The highest BCUT2D eigenvalue weighted by atomic mass is 35.5. The minimum atomic E-state index is -4.71. The lowest BCUT2D eigenvalue weighted by atomic mass is 10.2. The zero-order chi connectivity index (χ0) is 57.2. The number of hydrogen-bond donors (Lipinski definition) is 7. The Morgan fingerprint density at radius 1 is 0.908 bits per heavy atom. The number of hydrogen-bond acceptors (Lipinski definition) is 16. The van der Waals surface area contributed by atoms with Crippen molar-refractivity contribution in [2.45, 2.75) is 56.4 Å². The van der Waals surface area contributed by atoms with Crippen LogP contribution in [0, 0.1) is 12.3 Å². The van der Waals surface area contributed by atoms with Gasteiger partial charge < -0.3 is 44.9 Å². The lowest BCUT2D eigenvalue weighted by Crippen LogP contribution is -2.35. The molecule has 6 rings (SSSR count). The number of halogens is 8. The van der Waals surface area contributed by atoms with Crippen LogP contribution in [0.1, 0.15) is 45.8 Å². The lowest BCUT2D eigenvalue weighted by molar-refractivity contribution is -0.138. The number of rotatable bonds is 17. The van der Waals surface area contributed by atoms with Gasteiger partial charge in [-0.05, 0) is 49.6 Å². The second-order valence-electron chi connectivity index (χ2n) is 14.7. The number of ether oxygens (including phenoxy) is 4. The van der Waals surface area contributed by atoms with Gasteiger partial charge in [0.05, 0.1) is 44.5 Å². The molecule has 3 aromatic carbocycles. The van der Waals surface area contributed by atoms with E-state index < -0.39 is 88.8 Å². The van der Waals surface area contributed by atoms with Gasteiger partial charge in [-0.2, -0.15) is 32.2 Å². The quantitative estimate of drug-likeness (QED) is 0.0281. The number of aryl methyl sites for hydroxylation is 1. The number of nitrogens with two attached hydrogens (primary N) is 1. The second-order valence-corrected chi connectivity index (χ2v) is 20.5. The predicted molar refractivity (Wildman–Crippen MR) is 264 cm³/mol. The van der Waals surface area contributed by atoms with Crippen LogP contribution < -0.4 is 40.4 Å². The van der Waals surface area contributed by atoms with Crippen LogP contribution in [0.5, 0.6) is 23.3 Å². The van der Waals surface area contributed by atoms with Crippen molar-refractivity contribution < 1.29 is 88.9 Å². The van der Waals surface area contributed by atoms with E-state index in [1.807, 2.05) is 0 Å². The maximum atomic E-state index is 12.5. The normalized spacial score (nSPS) is 12.8. The maximum absolute atomic E-state index is 12.5. The lowest BCUT2D eigenvalue weighted by Gasteiger charge is -2.11. The van der Waals surface area contributed by atoms with Gasteiger partial charge in [0.25, 0.3) is 10.0 Å². The molecule has 34 heteroatoms. The van der Waals surface area contributed by atoms with Crippen molar-refractivity contribution in [3.8, 4) is 41.3 Å². The summed E-state index contributed by atoms with van der Waals surface area (Å²) in [5, 5.41) is 33.2. The minimum Gasteiger partial charge on any atom is -0.494 e. The number of urea groups is 1. The van der Waals surface area contributed by atoms with Crippen LogP contribution in [0.3, 0.4) is 0 Å². The zero-order valence-corrected chi connectivity index (χ0v) is 43.6. The highest BCUT2D eigenvalue weighted by molar-refractivity contribution is 7.90. The number of carbonyl (C=O) groups excluding carboxylic acids is 1. The van der Waals surface area contributed by atoms with Gasteiger partial charge in [-0.1, -0.05) is 64.5 Å². The molecule has 8 N–H and O–H groups in total. The summed E-state index contributed by atoms with van der Waals surface area (Å²) in [7, 11) is -6.48. The molecule has 5 aromatic rings. The summed E-state index contributed by atoms with van der Waals surface area (Å²) in [4.78, 5) is 70.9. The molecular weight excluding hydrogens is 1150 g/mol. The van der Waals surface area contributed by atoms with Crippen LogP contribution >= 0.6 is 53.8 Å². The van der Waals surface area contributed by atoms with Gasteiger partial charge in [0, 0.05) is 31.9 Å². The van der Waals surface area contributed by atoms with Crippen LogP contribution in [0.15, 0.2) is 64.3 Å². The number of benzene rings is 3. The Morgan fingerprint density at radius 2 is 1.51 bits per heavy atom. The first-order valence-electron chi connectivity index (χ1n) is 20.7. The molecule has 3 heterocycles. The molecule has 0 radical (unpaired) electrons. The third kappa shape index (κ3) is 19.3. The topological polar surface area (TPSA) is 353 Å². The van der Waals surface area contributed by atoms with Crippen LogP contribution in [0.4, 0.5) is 28.3 Å². The Kier molecular flexibility index (Phi) is 24.1. The third-order valence-electron chi connectivity index (χ3n) is 9.12. The van der Waals surface area contributed by atoms with E-state index in [0.29, 0.717) is 34.1 Å². The Bertz CT molecular complexity index is 3160. The number of nitrogens with one attached hydrogen (secondary N) is 2. The Hall–Kier alpha value is -6.90. The molecule has 24 nitrogen and oxygen atoms in total. The molecule has 0 saturated carbocycles. The van der Waals surface area contributed by atoms with E-state index in [1.165, 1.54) is 53.5 Å². The number of aromatic nitrogens is 5. The molecule has 0 spiro atoms. The van der Waals surface area contributed by atoms with Crippen molar-refractivity contribution in [1.29, 1.82) is 0 Å². The number of carbonyl (C=O) groups is 4. The van der Waals surface area contributed by atoms with Crippen molar-refractivity contribution in [1.82, 2.24) is 29.0 Å². The molecule has 2 atom stereocenters. The average Bonchev–Trinajstić information content (AvgIpc) is 3.65. The summed E-state index contributed by atoms with van der Waals surface area (Å²) >= 11 is 23.6. The molecule has 412 valence electrons. The summed E-state index contributed by atoms with van der Waals surface area (Å²) in [5.41, 5.74) is 4.56. The van der Waals surface area contributed by atoms with E-state index in [2.05, 4.69) is 30.5 Å². The van der Waals surface area contributed by atoms with E-state index in [-0.39, 0.29) is 46.2 Å². The number of alkyl halides is 4. The SMILES string of the molecule is C#CCOc1cc(-n2nc3n(c2=O)CCCC3)c(Cl)cc1Cl.COc1c(Cl)ccc(Cl)c1C(=O)O.CP(=O)(O)CCC(N)C(=O)O.O=C(Nc1nc(OC(F)F)cc(OC(F)F)n1)NS(=O)(=O)c1ccccc1C(=O)O. The van der Waals surface area contributed by atoms with Crippen molar-refractivity contribution in [3.05, 3.63) is 102 Å². The van der Waals surface area contributed by atoms with Gasteiger partial charge >= 0.3 is 42.9 Å². The largest absolute Gasteiger partial charge is 0.494 e. The van der Waals surface area contributed by atoms with Gasteiger partial charge in [-0.25, -0.2) is 32.3 Å². The van der Waals surface area contributed by atoms with E-state index >= 15 is 0 Å². The zero-order valence-electron chi connectivity index (χ0n) is 38.8. The number of aromatic carboxylic acids is 2. The number of terminal acetylenes is 1. The van der Waals surface area contributed by atoms with Crippen LogP contribution in [-0.2, 0) is 32.3 Å². The van der Waals surface area contributed by atoms with Crippen molar-refractivity contribution >= 4 is 93.7 Å². The number of methoxy groups -OCH3 is 1. The molecule has 2 unspecified atom stereocenters. The molecule has 1 aliphatic heterocycles. The molecule has 2 aromatic heterocycles. The Morgan fingerprint density at radius 3 is 2.03 bits per heavy atom. The fourth-order valence-electron chi connectivity index (χ4n) is 5.85. The first kappa shape index (κ1) is 63.4. The fraction of sp³-hybridized carbons (Fsp3) is 0.286. The summed E-state index contributed by atoms with van der Waals surface area (Å²) in [5.74, 6) is -3.16. The molecule has 0 bridgehead atoms. The predicted octanol–water partition coefficient (Wildman–Crippen LogP) is 6.97. The molecule has 0 fully saturated rings. The van der Waals surface area contributed by atoms with Gasteiger partial charge in [0.1, 0.15) is 34.7 Å². The highest BCUT2D eigenvalue weighted by Gasteiger charge is 2.26. The molecule has 2 amide bonds. The molecule has 0 aliphatic carbocycles. The van der Waals surface area contributed by atoms with Crippen molar-refractivity contribution in [2.24, 2.45) is 5.73 Å². The van der Waals surface area contributed by atoms with Gasteiger partial charge in [0.2, 0.25) is 17.7 Å². The number of carboxylic acids is 3. The van der Waals surface area contributed by atoms with E-state index in [0.717, 1.165) is 37.2 Å². The molecule has 1 aliphatic rings. The third-order valence-corrected chi connectivity index (χ3v) is 12.8. The average molecular weight is 1190 g/mol. The van der Waals surface area contributed by atoms with Gasteiger partial charge in [-0.3, -0.25) is 19.2 Å². The Labute approximate surface area is 447 Å². The summed E-state index contributed by atoms with van der Waals surface area (Å²) in [6, 6.07) is 8.20. The minimum absolute atomic E-state index is 0.0412. The molecule has 76 heavy (non-hydrogen) atoms. The van der Waals surface area contributed by atoms with E-state index in [9.17, 15) is 54.5 Å². The fourth-order valence-corrected chi connectivity index (χ4v) is 8.69. The number of carboxylic acid groups (broad SMARTS) is 3. The number of sulfonamides is 1. The summed E-state index contributed by atoms with van der Waals surface area (Å²) in [6.45, 7) is -4.88. The van der Waals surface area contributed by atoms with E-state index in [1.54, 1.807) is 16.0 Å².